The molecule has 0 aliphatic heterocycles. The molecule has 20 heavy (non-hydrogen) atoms. The summed E-state index contributed by atoms with van der Waals surface area (Å²) in [5.74, 6) is 0.426. The lowest BCUT2D eigenvalue weighted by Gasteiger charge is -2.14. The summed E-state index contributed by atoms with van der Waals surface area (Å²) in [5, 5.41) is 9.17. The molecule has 0 fully saturated rings. The van der Waals surface area contributed by atoms with Gasteiger partial charge < -0.3 is 14.4 Å². The van der Waals surface area contributed by atoms with E-state index in [1.165, 1.54) is 6.20 Å². The van der Waals surface area contributed by atoms with E-state index in [-0.39, 0.29) is 5.69 Å². The number of methoxy groups -OCH3 is 1. The van der Waals surface area contributed by atoms with E-state index in [9.17, 15) is 4.79 Å². The Labute approximate surface area is 117 Å². The lowest BCUT2D eigenvalue weighted by molar-refractivity contribution is 0.0685. The van der Waals surface area contributed by atoms with E-state index in [0.29, 0.717) is 12.4 Å². The van der Waals surface area contributed by atoms with Crippen molar-refractivity contribution in [1.82, 2.24) is 14.5 Å². The summed E-state index contributed by atoms with van der Waals surface area (Å²) >= 11 is 0. The van der Waals surface area contributed by atoms with E-state index < -0.39 is 5.97 Å². The molecule has 2 aromatic rings. The highest BCUT2D eigenvalue weighted by atomic mass is 16.5. The number of imidazole rings is 1. The Balaban J connectivity index is 2.46. The first-order valence-corrected chi connectivity index (χ1v) is 6.20. The summed E-state index contributed by atoms with van der Waals surface area (Å²) in [5.41, 5.74) is 2.80. The monoisotopic (exact) mass is 275 g/mol. The number of rotatable bonds is 4. The molecular weight excluding hydrogens is 258 g/mol. The Bertz CT molecular complexity index is 662. The van der Waals surface area contributed by atoms with Gasteiger partial charge in [-0.25, -0.2) is 9.78 Å². The fourth-order valence-electron chi connectivity index (χ4n) is 2.22. The molecule has 0 spiro atoms. The molecule has 2 aromatic heterocycles. The van der Waals surface area contributed by atoms with Crippen molar-refractivity contribution < 1.29 is 14.6 Å². The van der Waals surface area contributed by atoms with E-state index in [4.69, 9.17) is 9.84 Å². The van der Waals surface area contributed by atoms with Gasteiger partial charge in [0.15, 0.2) is 0 Å². The topological polar surface area (TPSA) is 77.2 Å². The van der Waals surface area contributed by atoms with Crippen molar-refractivity contribution >= 4 is 5.97 Å². The summed E-state index contributed by atoms with van der Waals surface area (Å²) in [6.45, 7) is 5.97. The highest BCUT2D eigenvalue weighted by Crippen LogP contribution is 2.25. The minimum absolute atomic E-state index is 0.156. The number of hydrogen-bond donors (Lipinski definition) is 1. The van der Waals surface area contributed by atoms with Crippen LogP contribution < -0.4 is 4.74 Å². The second-order valence-corrected chi connectivity index (χ2v) is 4.63. The highest BCUT2D eigenvalue weighted by molar-refractivity contribution is 5.85. The van der Waals surface area contributed by atoms with Gasteiger partial charge in [0.1, 0.15) is 17.3 Å². The molecule has 0 saturated carbocycles. The molecule has 0 aromatic carbocycles. The van der Waals surface area contributed by atoms with Crippen molar-refractivity contribution in [3.8, 4) is 5.75 Å². The number of carbonyl (C=O) groups is 1. The van der Waals surface area contributed by atoms with E-state index in [1.54, 1.807) is 24.8 Å². The second-order valence-electron chi connectivity index (χ2n) is 4.63. The van der Waals surface area contributed by atoms with Crippen molar-refractivity contribution in [2.75, 3.05) is 7.11 Å². The zero-order valence-corrected chi connectivity index (χ0v) is 12.0. The normalized spacial score (nSPS) is 10.6. The molecule has 106 valence electrons. The van der Waals surface area contributed by atoms with Gasteiger partial charge in [-0.2, -0.15) is 0 Å². The fourth-order valence-corrected chi connectivity index (χ4v) is 2.22. The Morgan fingerprint density at radius 3 is 2.60 bits per heavy atom. The van der Waals surface area contributed by atoms with Crippen LogP contribution in [0.4, 0.5) is 0 Å². The summed E-state index contributed by atoms with van der Waals surface area (Å²) in [6, 6.07) is 0. The van der Waals surface area contributed by atoms with E-state index in [2.05, 4.69) is 9.97 Å². The van der Waals surface area contributed by atoms with Crippen LogP contribution >= 0.6 is 0 Å². The molecule has 0 unspecified atom stereocenters. The molecule has 0 saturated heterocycles. The molecule has 0 aliphatic rings. The summed E-state index contributed by atoms with van der Waals surface area (Å²) in [6.07, 6.45) is 3.09. The number of aromatic carboxylic acids is 1. The maximum absolute atomic E-state index is 11.2. The number of aryl methyl sites for hydroxylation is 2. The molecule has 0 radical (unpaired) electrons. The molecule has 6 nitrogen and oxygen atoms in total. The van der Waals surface area contributed by atoms with Gasteiger partial charge in [-0.3, -0.25) is 4.98 Å². The SMILES string of the molecule is COc1c(C)cnc(Cn2c(C(=O)O)cnc2C)c1C. The number of carboxylic acids is 1. The maximum atomic E-state index is 11.2. The van der Waals surface area contributed by atoms with Gasteiger partial charge in [0.05, 0.1) is 25.5 Å². The largest absolute Gasteiger partial charge is 0.496 e. The summed E-state index contributed by atoms with van der Waals surface area (Å²) in [7, 11) is 1.62. The number of ether oxygens (including phenoxy) is 1. The minimum atomic E-state index is -0.998. The average Bonchev–Trinajstić information content (AvgIpc) is 2.75. The zero-order chi connectivity index (χ0) is 14.9. The number of nitrogens with zero attached hydrogens (tertiary/aromatic N) is 3. The van der Waals surface area contributed by atoms with E-state index in [1.807, 2.05) is 13.8 Å². The Morgan fingerprint density at radius 2 is 2.00 bits per heavy atom. The number of carboxylic acid groups (broad SMARTS) is 1. The van der Waals surface area contributed by atoms with E-state index in [0.717, 1.165) is 22.6 Å². The van der Waals surface area contributed by atoms with Gasteiger partial charge in [0, 0.05) is 17.3 Å². The van der Waals surface area contributed by atoms with Gasteiger partial charge in [0.2, 0.25) is 0 Å². The van der Waals surface area contributed by atoms with Crippen LogP contribution in [0.2, 0.25) is 0 Å². The quantitative estimate of drug-likeness (QED) is 0.923. The van der Waals surface area contributed by atoms with Crippen LogP contribution in [0.15, 0.2) is 12.4 Å². The standard InChI is InChI=1S/C14H17N3O3/c1-8-5-16-11(9(2)13(8)20-4)7-17-10(3)15-6-12(17)14(18)19/h5-6H,7H2,1-4H3,(H,18,19). The lowest BCUT2D eigenvalue weighted by Crippen LogP contribution is -2.13. The van der Waals surface area contributed by atoms with Crippen LogP contribution in [0.5, 0.6) is 5.75 Å². The van der Waals surface area contributed by atoms with Crippen molar-refractivity contribution in [2.24, 2.45) is 0 Å². The number of pyridine rings is 1. The lowest BCUT2D eigenvalue weighted by atomic mass is 10.1. The van der Waals surface area contributed by atoms with Crippen LogP contribution in [0.3, 0.4) is 0 Å². The molecule has 0 atom stereocenters. The predicted octanol–water partition coefficient (Wildman–Crippen LogP) is 1.96. The maximum Gasteiger partial charge on any atom is 0.354 e. The molecule has 0 aliphatic carbocycles. The first-order chi connectivity index (χ1) is 9.45. The first kappa shape index (κ1) is 14.0. The summed E-state index contributed by atoms with van der Waals surface area (Å²) < 4.78 is 6.99. The van der Waals surface area contributed by atoms with Gasteiger partial charge in [-0.05, 0) is 20.8 Å². The Kier molecular flexibility index (Phi) is 3.74. The molecule has 6 heteroatoms. The Morgan fingerprint density at radius 1 is 1.30 bits per heavy atom. The zero-order valence-electron chi connectivity index (χ0n) is 12.0. The van der Waals surface area contributed by atoms with E-state index >= 15 is 0 Å². The molecule has 2 rings (SSSR count). The van der Waals surface area contributed by atoms with Crippen LogP contribution in [-0.2, 0) is 6.54 Å². The van der Waals surface area contributed by atoms with Crippen molar-refractivity contribution in [3.63, 3.8) is 0 Å². The smallest absolute Gasteiger partial charge is 0.354 e. The number of aromatic nitrogens is 3. The average molecular weight is 275 g/mol. The first-order valence-electron chi connectivity index (χ1n) is 6.20. The summed E-state index contributed by atoms with van der Waals surface area (Å²) in [4.78, 5) is 19.6. The minimum Gasteiger partial charge on any atom is -0.496 e. The van der Waals surface area contributed by atoms with Gasteiger partial charge >= 0.3 is 5.97 Å². The fraction of sp³-hybridized carbons (Fsp3) is 0.357. The van der Waals surface area contributed by atoms with Crippen molar-refractivity contribution in [3.05, 3.63) is 40.7 Å². The van der Waals surface area contributed by atoms with Crippen LogP contribution in [-0.4, -0.2) is 32.7 Å². The third kappa shape index (κ3) is 2.36. The van der Waals surface area contributed by atoms with Gasteiger partial charge in [0.25, 0.3) is 0 Å². The second kappa shape index (κ2) is 5.32. The molecular formula is C14H17N3O3. The van der Waals surface area contributed by atoms with Gasteiger partial charge in [-0.1, -0.05) is 0 Å². The van der Waals surface area contributed by atoms with Crippen molar-refractivity contribution in [2.45, 2.75) is 27.3 Å². The molecule has 0 amide bonds. The van der Waals surface area contributed by atoms with Crippen LogP contribution in [0.1, 0.15) is 33.1 Å². The van der Waals surface area contributed by atoms with Gasteiger partial charge in [-0.15, -0.1) is 0 Å². The van der Waals surface area contributed by atoms with Crippen LogP contribution in [0, 0.1) is 20.8 Å². The van der Waals surface area contributed by atoms with Crippen LogP contribution in [0.25, 0.3) is 0 Å². The number of hydrogen-bond acceptors (Lipinski definition) is 4. The molecule has 1 N–H and O–H groups in total. The third-order valence-corrected chi connectivity index (χ3v) is 3.33. The molecule has 2 heterocycles. The molecule has 0 bridgehead atoms. The third-order valence-electron chi connectivity index (χ3n) is 3.33. The van der Waals surface area contributed by atoms with Crippen molar-refractivity contribution in [1.29, 1.82) is 0 Å². The highest BCUT2D eigenvalue weighted by Gasteiger charge is 2.16. The predicted molar refractivity (Wildman–Crippen MR) is 73.3 cm³/mol. The Hall–Kier alpha value is -2.37.